The lowest BCUT2D eigenvalue weighted by molar-refractivity contribution is 0.335. The molecule has 0 spiro atoms. The molecular weight excluding hydrogens is 174 g/mol. The van der Waals surface area contributed by atoms with Gasteiger partial charge < -0.3 is 10.3 Å². The van der Waals surface area contributed by atoms with Crippen molar-refractivity contribution in [2.75, 3.05) is 0 Å². The van der Waals surface area contributed by atoms with Gasteiger partial charge in [0.25, 0.3) is 0 Å². The van der Waals surface area contributed by atoms with Gasteiger partial charge in [-0.05, 0) is 11.8 Å². The molecule has 0 bridgehead atoms. The van der Waals surface area contributed by atoms with Crippen molar-refractivity contribution in [2.24, 2.45) is 11.1 Å². The molecule has 0 aliphatic rings. The van der Waals surface area contributed by atoms with Gasteiger partial charge in [-0.1, -0.05) is 27.7 Å². The third-order valence-electron chi connectivity index (χ3n) is 2.21. The molecule has 1 rings (SSSR count). The van der Waals surface area contributed by atoms with E-state index in [0.717, 1.165) is 18.7 Å². The van der Waals surface area contributed by atoms with Crippen molar-refractivity contribution in [2.45, 2.75) is 46.7 Å². The molecule has 80 valence electrons. The lowest BCUT2D eigenvalue weighted by Crippen LogP contribution is -2.20. The molecule has 0 unspecified atom stereocenters. The predicted octanol–water partition coefficient (Wildman–Crippen LogP) is 2.34. The Kier molecular flexibility index (Phi) is 3.32. The summed E-state index contributed by atoms with van der Waals surface area (Å²) in [5.41, 5.74) is 7.41. The molecule has 0 radical (unpaired) electrons. The molecule has 1 aromatic rings. The van der Waals surface area contributed by atoms with Gasteiger partial charge in [0.1, 0.15) is 0 Å². The van der Waals surface area contributed by atoms with Gasteiger partial charge in [-0.2, -0.15) is 0 Å². The van der Waals surface area contributed by atoms with Gasteiger partial charge in [-0.15, -0.1) is 0 Å². The number of aromatic nitrogens is 2. The minimum atomic E-state index is 0.111. The Labute approximate surface area is 86.3 Å². The summed E-state index contributed by atoms with van der Waals surface area (Å²) in [6.45, 7) is 9.71. The maximum absolute atomic E-state index is 6.00. The lowest BCUT2D eigenvalue weighted by Gasteiger charge is -2.22. The molecule has 3 nitrogen and oxygen atoms in total. The van der Waals surface area contributed by atoms with Crippen molar-refractivity contribution < 1.29 is 0 Å². The first-order valence-corrected chi connectivity index (χ1v) is 5.19. The first-order chi connectivity index (χ1) is 6.44. The Bertz CT molecular complexity index is 283. The molecule has 1 aromatic heterocycles. The van der Waals surface area contributed by atoms with Crippen LogP contribution in [0.4, 0.5) is 0 Å². The van der Waals surface area contributed by atoms with Crippen LogP contribution in [0.5, 0.6) is 0 Å². The second-order valence-corrected chi connectivity index (χ2v) is 5.02. The van der Waals surface area contributed by atoms with Crippen molar-refractivity contribution in [1.82, 2.24) is 9.55 Å². The summed E-state index contributed by atoms with van der Waals surface area (Å²) in [6.07, 6.45) is 4.70. The molecule has 14 heavy (non-hydrogen) atoms. The van der Waals surface area contributed by atoms with Crippen molar-refractivity contribution in [1.29, 1.82) is 0 Å². The van der Waals surface area contributed by atoms with Gasteiger partial charge in [0.15, 0.2) is 0 Å². The Balaban J connectivity index is 2.82. The highest BCUT2D eigenvalue weighted by atomic mass is 15.1. The first kappa shape index (κ1) is 11.2. The van der Waals surface area contributed by atoms with Crippen LogP contribution in [0.2, 0.25) is 0 Å². The molecule has 2 N–H and O–H groups in total. The number of nitrogens with two attached hydrogens (primary N) is 1. The van der Waals surface area contributed by atoms with Crippen molar-refractivity contribution in [3.8, 4) is 0 Å². The van der Waals surface area contributed by atoms with E-state index in [1.807, 2.05) is 12.5 Å². The zero-order chi connectivity index (χ0) is 10.8. The van der Waals surface area contributed by atoms with E-state index < -0.39 is 0 Å². The van der Waals surface area contributed by atoms with Gasteiger partial charge in [-0.25, -0.2) is 4.98 Å². The zero-order valence-electron chi connectivity index (χ0n) is 9.62. The van der Waals surface area contributed by atoms with Crippen LogP contribution in [0.15, 0.2) is 12.5 Å². The summed E-state index contributed by atoms with van der Waals surface area (Å²) in [6, 6.07) is 0.111. The van der Waals surface area contributed by atoms with Crippen LogP contribution in [-0.2, 0) is 6.54 Å². The number of hydrogen-bond donors (Lipinski definition) is 1. The minimum Gasteiger partial charge on any atom is -0.333 e. The van der Waals surface area contributed by atoms with Crippen LogP contribution < -0.4 is 5.73 Å². The Hall–Kier alpha value is -0.830. The second kappa shape index (κ2) is 4.13. The van der Waals surface area contributed by atoms with Crippen LogP contribution in [0.25, 0.3) is 0 Å². The fourth-order valence-corrected chi connectivity index (χ4v) is 1.49. The number of imidazole rings is 1. The topological polar surface area (TPSA) is 43.8 Å². The molecule has 0 aliphatic carbocycles. The highest BCUT2D eigenvalue weighted by Crippen LogP contribution is 2.20. The van der Waals surface area contributed by atoms with Crippen LogP contribution >= 0.6 is 0 Å². The highest BCUT2D eigenvalue weighted by Gasteiger charge is 2.15. The van der Waals surface area contributed by atoms with Crippen LogP contribution in [0, 0.1) is 5.41 Å². The zero-order valence-corrected chi connectivity index (χ0v) is 9.62. The molecule has 0 amide bonds. The molecule has 3 heteroatoms. The second-order valence-electron chi connectivity index (χ2n) is 5.02. The minimum absolute atomic E-state index is 0.111. The van der Waals surface area contributed by atoms with E-state index in [2.05, 4.69) is 37.2 Å². The van der Waals surface area contributed by atoms with Gasteiger partial charge in [0.2, 0.25) is 0 Å². The Morgan fingerprint density at radius 2 is 2.14 bits per heavy atom. The monoisotopic (exact) mass is 195 g/mol. The smallest absolute Gasteiger partial charge is 0.0948 e. The van der Waals surface area contributed by atoms with E-state index >= 15 is 0 Å². The van der Waals surface area contributed by atoms with Crippen LogP contribution in [-0.4, -0.2) is 9.55 Å². The Morgan fingerprint density at radius 1 is 1.50 bits per heavy atom. The summed E-state index contributed by atoms with van der Waals surface area (Å²) in [5.74, 6) is 0. The first-order valence-electron chi connectivity index (χ1n) is 5.19. The third kappa shape index (κ3) is 2.84. The quantitative estimate of drug-likeness (QED) is 0.804. The predicted molar refractivity (Wildman–Crippen MR) is 58.9 cm³/mol. The molecule has 0 saturated heterocycles. The molecular formula is C11H21N3. The number of rotatable bonds is 3. The molecule has 0 aliphatic heterocycles. The van der Waals surface area contributed by atoms with Gasteiger partial charge >= 0.3 is 0 Å². The van der Waals surface area contributed by atoms with Crippen LogP contribution in [0.1, 0.15) is 45.9 Å². The maximum atomic E-state index is 6.00. The summed E-state index contributed by atoms with van der Waals surface area (Å²) in [4.78, 5) is 4.16. The fourth-order valence-electron chi connectivity index (χ4n) is 1.49. The summed E-state index contributed by atoms with van der Waals surface area (Å²) in [7, 11) is 0. The molecule has 0 aromatic carbocycles. The largest absolute Gasteiger partial charge is 0.333 e. The van der Waals surface area contributed by atoms with Gasteiger partial charge in [-0.3, -0.25) is 0 Å². The lowest BCUT2D eigenvalue weighted by atomic mass is 9.96. The normalized spacial score (nSPS) is 14.4. The van der Waals surface area contributed by atoms with E-state index in [9.17, 15) is 0 Å². The van der Waals surface area contributed by atoms with E-state index in [4.69, 9.17) is 5.73 Å². The molecule has 0 saturated carbocycles. The molecule has 0 fully saturated rings. The molecule has 1 atom stereocenters. The van der Waals surface area contributed by atoms with E-state index in [1.54, 1.807) is 0 Å². The standard InChI is InChI=1S/C11H21N3/c1-5-9(12)10-6-13-8-14(10)7-11(2,3)4/h6,8-9H,5,7,12H2,1-4H3/t9-/m1/s1. The number of nitrogens with zero attached hydrogens (tertiary/aromatic N) is 2. The summed E-state index contributed by atoms with van der Waals surface area (Å²) in [5, 5.41) is 0. The third-order valence-corrected chi connectivity index (χ3v) is 2.21. The molecule has 1 heterocycles. The summed E-state index contributed by atoms with van der Waals surface area (Å²) < 4.78 is 2.16. The van der Waals surface area contributed by atoms with Gasteiger partial charge in [0.05, 0.1) is 12.0 Å². The van der Waals surface area contributed by atoms with E-state index in [1.165, 1.54) is 0 Å². The van der Waals surface area contributed by atoms with E-state index in [-0.39, 0.29) is 11.5 Å². The fraction of sp³-hybridized carbons (Fsp3) is 0.727. The highest BCUT2D eigenvalue weighted by molar-refractivity contribution is 5.04. The SMILES string of the molecule is CC[C@@H](N)c1cncn1CC(C)(C)C. The van der Waals surface area contributed by atoms with Crippen molar-refractivity contribution in [3.05, 3.63) is 18.2 Å². The van der Waals surface area contributed by atoms with Crippen LogP contribution in [0.3, 0.4) is 0 Å². The van der Waals surface area contributed by atoms with Crippen molar-refractivity contribution in [3.63, 3.8) is 0 Å². The average molecular weight is 195 g/mol. The average Bonchev–Trinajstić information content (AvgIpc) is 2.48. The number of hydrogen-bond acceptors (Lipinski definition) is 2. The Morgan fingerprint density at radius 3 is 2.64 bits per heavy atom. The van der Waals surface area contributed by atoms with E-state index in [0.29, 0.717) is 0 Å². The van der Waals surface area contributed by atoms with Crippen molar-refractivity contribution >= 4 is 0 Å². The maximum Gasteiger partial charge on any atom is 0.0948 e. The summed E-state index contributed by atoms with van der Waals surface area (Å²) >= 11 is 0. The van der Waals surface area contributed by atoms with Gasteiger partial charge in [0, 0.05) is 18.8 Å².